The number of nitrogens with zero attached hydrogens (tertiary/aromatic N) is 1. The highest BCUT2D eigenvalue weighted by molar-refractivity contribution is 5.35. The summed E-state index contributed by atoms with van der Waals surface area (Å²) in [7, 11) is 5.76. The van der Waals surface area contributed by atoms with E-state index in [1.54, 1.807) is 7.11 Å². The third-order valence-corrected chi connectivity index (χ3v) is 4.55. The molecule has 3 nitrogen and oxygen atoms in total. The van der Waals surface area contributed by atoms with Gasteiger partial charge in [0.2, 0.25) is 0 Å². The highest BCUT2D eigenvalue weighted by atomic mass is 16.5. The summed E-state index contributed by atoms with van der Waals surface area (Å²) in [4.78, 5) is 2.14. The van der Waals surface area contributed by atoms with E-state index in [1.807, 2.05) is 42.5 Å². The van der Waals surface area contributed by atoms with Crippen LogP contribution in [-0.4, -0.2) is 37.8 Å². The van der Waals surface area contributed by atoms with Crippen LogP contribution >= 0.6 is 0 Å². The molecule has 0 aliphatic heterocycles. The van der Waals surface area contributed by atoms with Gasteiger partial charge in [-0.3, -0.25) is 0 Å². The van der Waals surface area contributed by atoms with E-state index in [4.69, 9.17) is 4.74 Å². The summed E-state index contributed by atoms with van der Waals surface area (Å²) in [6.45, 7) is 2.90. The van der Waals surface area contributed by atoms with Gasteiger partial charge in [0, 0.05) is 12.5 Å². The lowest BCUT2D eigenvalue weighted by Gasteiger charge is -2.38. The normalized spacial score (nSPS) is 15.1. The Balaban J connectivity index is 2.49. The van der Waals surface area contributed by atoms with Gasteiger partial charge in [-0.05, 0) is 43.8 Å². The van der Waals surface area contributed by atoms with Crippen LogP contribution in [0, 0.1) is 0 Å². The molecule has 3 heteroatoms. The molecule has 130 valence electrons. The zero-order valence-electron chi connectivity index (χ0n) is 15.2. The molecule has 0 radical (unpaired) electrons. The minimum atomic E-state index is -0.910. The van der Waals surface area contributed by atoms with Crippen LogP contribution in [0.2, 0.25) is 0 Å². The van der Waals surface area contributed by atoms with E-state index >= 15 is 0 Å². The second-order valence-electron chi connectivity index (χ2n) is 6.63. The van der Waals surface area contributed by atoms with Gasteiger partial charge >= 0.3 is 0 Å². The molecule has 24 heavy (non-hydrogen) atoms. The van der Waals surface area contributed by atoms with Crippen LogP contribution in [0.5, 0.6) is 5.75 Å². The van der Waals surface area contributed by atoms with Crippen LogP contribution in [-0.2, 0) is 5.60 Å². The van der Waals surface area contributed by atoms with Gasteiger partial charge in [0.15, 0.2) is 0 Å². The molecule has 2 aromatic carbocycles. The third kappa shape index (κ3) is 4.16. The van der Waals surface area contributed by atoms with Crippen molar-refractivity contribution in [3.63, 3.8) is 0 Å². The van der Waals surface area contributed by atoms with E-state index in [1.165, 1.54) is 0 Å². The summed E-state index contributed by atoms with van der Waals surface area (Å²) >= 11 is 0. The largest absolute Gasteiger partial charge is 0.497 e. The Kier molecular flexibility index (Phi) is 6.41. The molecular weight excluding hydrogens is 298 g/mol. The Labute approximate surface area is 145 Å². The number of likely N-dealkylation sites (N-methyl/N-ethyl adjacent to an activating group) is 1. The molecule has 2 rings (SSSR count). The maximum Gasteiger partial charge on any atom is 0.118 e. The first-order valence-corrected chi connectivity index (χ1v) is 8.57. The number of methoxy groups -OCH3 is 1. The predicted octanol–water partition coefficient (Wildman–Crippen LogP) is 4.03. The number of hydrogen-bond acceptors (Lipinski definition) is 3. The predicted molar refractivity (Wildman–Crippen MR) is 99.5 cm³/mol. The summed E-state index contributed by atoms with van der Waals surface area (Å²) < 4.78 is 5.26. The molecule has 0 heterocycles. The quantitative estimate of drug-likeness (QED) is 0.794. The summed E-state index contributed by atoms with van der Waals surface area (Å²) in [5, 5.41) is 11.7. The highest BCUT2D eigenvalue weighted by Crippen LogP contribution is 2.41. The second kappa shape index (κ2) is 8.32. The van der Waals surface area contributed by atoms with Crippen LogP contribution in [0.15, 0.2) is 54.6 Å². The van der Waals surface area contributed by atoms with Crippen molar-refractivity contribution in [1.29, 1.82) is 0 Å². The lowest BCUT2D eigenvalue weighted by molar-refractivity contribution is -0.00975. The lowest BCUT2D eigenvalue weighted by atomic mass is 9.74. The molecule has 0 saturated heterocycles. The first-order chi connectivity index (χ1) is 11.5. The summed E-state index contributed by atoms with van der Waals surface area (Å²) in [5.41, 5.74) is 1.20. The minimum Gasteiger partial charge on any atom is -0.497 e. The SMILES string of the molecule is CCC[C@@](O)(c1ccc(OC)cc1)[C@H](CN(C)C)c1ccccc1. The minimum absolute atomic E-state index is 0.00189. The Hall–Kier alpha value is -1.84. The van der Waals surface area contributed by atoms with Gasteiger partial charge in [-0.1, -0.05) is 55.8 Å². The highest BCUT2D eigenvalue weighted by Gasteiger charge is 2.38. The third-order valence-electron chi connectivity index (χ3n) is 4.55. The van der Waals surface area contributed by atoms with Gasteiger partial charge in [0.25, 0.3) is 0 Å². The van der Waals surface area contributed by atoms with Crippen molar-refractivity contribution in [2.45, 2.75) is 31.3 Å². The van der Waals surface area contributed by atoms with Crippen molar-refractivity contribution in [3.8, 4) is 5.75 Å². The maximum absolute atomic E-state index is 11.7. The zero-order valence-corrected chi connectivity index (χ0v) is 15.2. The van der Waals surface area contributed by atoms with Crippen LogP contribution in [0.4, 0.5) is 0 Å². The first kappa shape index (κ1) is 18.5. The van der Waals surface area contributed by atoms with Crippen molar-refractivity contribution >= 4 is 0 Å². The Morgan fingerprint density at radius 1 is 1.04 bits per heavy atom. The molecule has 2 aromatic rings. The number of rotatable bonds is 8. The summed E-state index contributed by atoms with van der Waals surface area (Å²) in [5.74, 6) is 0.809. The molecule has 0 amide bonds. The molecule has 0 aromatic heterocycles. The van der Waals surface area contributed by atoms with Crippen molar-refractivity contribution in [1.82, 2.24) is 4.90 Å². The molecule has 0 spiro atoms. The van der Waals surface area contributed by atoms with Crippen molar-refractivity contribution in [3.05, 3.63) is 65.7 Å². The summed E-state index contributed by atoms with van der Waals surface area (Å²) in [6.07, 6.45) is 1.63. The molecule has 0 aliphatic rings. The maximum atomic E-state index is 11.7. The molecule has 0 saturated carbocycles. The van der Waals surface area contributed by atoms with Crippen LogP contribution in [0.25, 0.3) is 0 Å². The molecule has 2 atom stereocenters. The number of ether oxygens (including phenoxy) is 1. The van der Waals surface area contributed by atoms with E-state index in [9.17, 15) is 5.11 Å². The Bertz CT molecular complexity index is 609. The molecule has 0 aliphatic carbocycles. The summed E-state index contributed by atoms with van der Waals surface area (Å²) in [6, 6.07) is 18.1. The number of benzene rings is 2. The van der Waals surface area contributed by atoms with E-state index in [0.29, 0.717) is 6.42 Å². The smallest absolute Gasteiger partial charge is 0.118 e. The van der Waals surface area contributed by atoms with Gasteiger partial charge in [-0.15, -0.1) is 0 Å². The standard InChI is InChI=1S/C21H29NO2/c1-5-15-21(23,18-11-13-19(24-4)14-12-18)20(16-22(2)3)17-9-7-6-8-10-17/h6-14,20,23H,5,15-16H2,1-4H3/t20-,21-/m1/s1. The Morgan fingerprint density at radius 3 is 2.17 bits per heavy atom. The molecule has 0 fully saturated rings. The average Bonchev–Trinajstić information content (AvgIpc) is 2.60. The fourth-order valence-corrected chi connectivity index (χ4v) is 3.36. The zero-order chi connectivity index (χ0) is 17.6. The van der Waals surface area contributed by atoms with E-state index < -0.39 is 5.60 Å². The molecular formula is C21H29NO2. The van der Waals surface area contributed by atoms with E-state index in [-0.39, 0.29) is 5.92 Å². The first-order valence-electron chi connectivity index (χ1n) is 8.57. The second-order valence-corrected chi connectivity index (χ2v) is 6.63. The van der Waals surface area contributed by atoms with Gasteiger partial charge in [-0.25, -0.2) is 0 Å². The van der Waals surface area contributed by atoms with Gasteiger partial charge in [0.1, 0.15) is 5.75 Å². The average molecular weight is 327 g/mol. The monoisotopic (exact) mass is 327 g/mol. The van der Waals surface area contributed by atoms with Crippen molar-refractivity contribution in [2.75, 3.05) is 27.7 Å². The molecule has 0 bridgehead atoms. The van der Waals surface area contributed by atoms with Crippen LogP contribution in [0.1, 0.15) is 36.8 Å². The fourth-order valence-electron chi connectivity index (χ4n) is 3.36. The van der Waals surface area contributed by atoms with E-state index in [2.05, 4.69) is 38.1 Å². The number of hydrogen-bond donors (Lipinski definition) is 1. The molecule has 0 unspecified atom stereocenters. The Morgan fingerprint density at radius 2 is 1.67 bits per heavy atom. The number of aliphatic hydroxyl groups is 1. The van der Waals surface area contributed by atoms with Gasteiger partial charge < -0.3 is 14.7 Å². The van der Waals surface area contributed by atoms with E-state index in [0.717, 1.165) is 29.8 Å². The van der Waals surface area contributed by atoms with Crippen molar-refractivity contribution < 1.29 is 9.84 Å². The fraction of sp³-hybridized carbons (Fsp3) is 0.429. The van der Waals surface area contributed by atoms with Gasteiger partial charge in [-0.2, -0.15) is 0 Å². The van der Waals surface area contributed by atoms with Crippen LogP contribution < -0.4 is 4.74 Å². The topological polar surface area (TPSA) is 32.7 Å². The van der Waals surface area contributed by atoms with Crippen molar-refractivity contribution in [2.24, 2.45) is 0 Å². The lowest BCUT2D eigenvalue weighted by Crippen LogP contribution is -2.39. The van der Waals surface area contributed by atoms with Crippen LogP contribution in [0.3, 0.4) is 0 Å². The van der Waals surface area contributed by atoms with Gasteiger partial charge in [0.05, 0.1) is 12.7 Å². The molecule has 1 N–H and O–H groups in total.